The van der Waals surface area contributed by atoms with Crippen LogP contribution in [0.4, 0.5) is 0 Å². The third-order valence-corrected chi connectivity index (χ3v) is 4.90. The Labute approximate surface area is 142 Å². The van der Waals surface area contributed by atoms with E-state index in [4.69, 9.17) is 4.42 Å². The molecule has 3 aromatic rings. The summed E-state index contributed by atoms with van der Waals surface area (Å²) in [5.74, 6) is 0.405. The van der Waals surface area contributed by atoms with Crippen LogP contribution in [0.15, 0.2) is 57.5 Å². The monoisotopic (exact) mass is 345 g/mol. The van der Waals surface area contributed by atoms with Crippen molar-refractivity contribution in [2.45, 2.75) is 23.9 Å². The zero-order valence-corrected chi connectivity index (χ0v) is 14.1. The first-order valence-electron chi connectivity index (χ1n) is 7.08. The summed E-state index contributed by atoms with van der Waals surface area (Å²) in [4.78, 5) is 13.2. The zero-order valence-electron chi connectivity index (χ0n) is 12.4. The standard InChI is InChI=1S/C16H15N3O2S2/c1-11(14(20)17-10-13-8-5-9-22-13)23-16-19-18-15(21-16)12-6-3-2-4-7-12/h2-9,11H,10H2,1H3,(H,17,20)/t11-/m0/s1. The van der Waals surface area contributed by atoms with E-state index < -0.39 is 0 Å². The highest BCUT2D eigenvalue weighted by Gasteiger charge is 2.18. The Bertz CT molecular complexity index is 757. The highest BCUT2D eigenvalue weighted by atomic mass is 32.2. The van der Waals surface area contributed by atoms with Crippen molar-refractivity contribution in [3.63, 3.8) is 0 Å². The Hall–Kier alpha value is -2.12. The van der Waals surface area contributed by atoms with Crippen LogP contribution in [-0.4, -0.2) is 21.4 Å². The summed E-state index contributed by atoms with van der Waals surface area (Å²) in [6, 6.07) is 13.5. The van der Waals surface area contributed by atoms with E-state index in [0.717, 1.165) is 10.4 Å². The van der Waals surface area contributed by atoms with Crippen LogP contribution < -0.4 is 5.32 Å². The number of thiophene rings is 1. The summed E-state index contributed by atoms with van der Waals surface area (Å²) in [6.07, 6.45) is 0. The van der Waals surface area contributed by atoms with Crippen LogP contribution in [0.3, 0.4) is 0 Å². The molecule has 0 unspecified atom stereocenters. The van der Waals surface area contributed by atoms with Crippen molar-refractivity contribution in [1.82, 2.24) is 15.5 Å². The van der Waals surface area contributed by atoms with E-state index in [1.54, 1.807) is 11.3 Å². The normalized spacial score (nSPS) is 12.0. The molecule has 7 heteroatoms. The van der Waals surface area contributed by atoms with Crippen molar-refractivity contribution in [2.24, 2.45) is 0 Å². The molecule has 1 aromatic carbocycles. The predicted molar refractivity (Wildman–Crippen MR) is 91.2 cm³/mol. The number of carbonyl (C=O) groups excluding carboxylic acids is 1. The largest absolute Gasteiger partial charge is 0.411 e. The summed E-state index contributed by atoms with van der Waals surface area (Å²) >= 11 is 2.87. The van der Waals surface area contributed by atoms with Crippen molar-refractivity contribution < 1.29 is 9.21 Å². The lowest BCUT2D eigenvalue weighted by Gasteiger charge is -2.08. The van der Waals surface area contributed by atoms with Crippen LogP contribution >= 0.6 is 23.1 Å². The Balaban J connectivity index is 1.56. The number of amides is 1. The van der Waals surface area contributed by atoms with Gasteiger partial charge in [0.2, 0.25) is 11.8 Å². The number of carbonyl (C=O) groups is 1. The minimum absolute atomic E-state index is 0.0529. The Morgan fingerprint density at radius 3 is 2.83 bits per heavy atom. The third kappa shape index (κ3) is 4.20. The molecule has 0 saturated heterocycles. The van der Waals surface area contributed by atoms with Crippen LogP contribution in [-0.2, 0) is 11.3 Å². The highest BCUT2D eigenvalue weighted by molar-refractivity contribution is 8.00. The molecule has 0 spiro atoms. The molecule has 0 radical (unpaired) electrons. The van der Waals surface area contributed by atoms with Gasteiger partial charge in [-0.3, -0.25) is 4.79 Å². The first-order valence-corrected chi connectivity index (χ1v) is 8.84. The molecule has 0 bridgehead atoms. The molecule has 2 aromatic heterocycles. The van der Waals surface area contributed by atoms with Crippen molar-refractivity contribution in [1.29, 1.82) is 0 Å². The molecule has 3 rings (SSSR count). The second-order valence-corrected chi connectivity index (χ2v) is 7.12. The fraction of sp³-hybridized carbons (Fsp3) is 0.188. The predicted octanol–water partition coefficient (Wildman–Crippen LogP) is 3.60. The van der Waals surface area contributed by atoms with Gasteiger partial charge in [0.1, 0.15) is 0 Å². The van der Waals surface area contributed by atoms with E-state index in [0.29, 0.717) is 17.7 Å². The molecule has 5 nitrogen and oxygen atoms in total. The number of rotatable bonds is 6. The van der Waals surface area contributed by atoms with Gasteiger partial charge in [0.25, 0.3) is 5.22 Å². The van der Waals surface area contributed by atoms with Crippen molar-refractivity contribution in [3.8, 4) is 11.5 Å². The summed E-state index contributed by atoms with van der Waals surface area (Å²) in [7, 11) is 0. The maximum atomic E-state index is 12.1. The number of benzene rings is 1. The van der Waals surface area contributed by atoms with Crippen LogP contribution in [0.25, 0.3) is 11.5 Å². The molecule has 2 heterocycles. The molecule has 118 valence electrons. The Kier molecular flexibility index (Phi) is 5.09. The maximum Gasteiger partial charge on any atom is 0.277 e. The smallest absolute Gasteiger partial charge is 0.277 e. The van der Waals surface area contributed by atoms with Crippen LogP contribution in [0.2, 0.25) is 0 Å². The topological polar surface area (TPSA) is 68.0 Å². The van der Waals surface area contributed by atoms with Crippen LogP contribution in [0.1, 0.15) is 11.8 Å². The number of nitrogens with one attached hydrogen (secondary N) is 1. The Morgan fingerprint density at radius 1 is 1.26 bits per heavy atom. The molecule has 0 aliphatic rings. The van der Waals surface area contributed by atoms with Crippen molar-refractivity contribution in [3.05, 3.63) is 52.7 Å². The molecule has 0 saturated carbocycles. The van der Waals surface area contributed by atoms with E-state index >= 15 is 0 Å². The first kappa shape index (κ1) is 15.8. The van der Waals surface area contributed by atoms with Gasteiger partial charge in [-0.05, 0) is 30.5 Å². The average molecular weight is 345 g/mol. The van der Waals surface area contributed by atoms with Crippen molar-refractivity contribution in [2.75, 3.05) is 0 Å². The average Bonchev–Trinajstić information content (AvgIpc) is 3.25. The summed E-state index contributed by atoms with van der Waals surface area (Å²) < 4.78 is 5.60. The minimum Gasteiger partial charge on any atom is -0.411 e. The Morgan fingerprint density at radius 2 is 2.09 bits per heavy atom. The second kappa shape index (κ2) is 7.43. The van der Waals surface area contributed by atoms with Gasteiger partial charge >= 0.3 is 0 Å². The van der Waals surface area contributed by atoms with E-state index in [2.05, 4.69) is 15.5 Å². The fourth-order valence-corrected chi connectivity index (χ4v) is 3.24. The van der Waals surface area contributed by atoms with E-state index in [1.165, 1.54) is 11.8 Å². The molecule has 23 heavy (non-hydrogen) atoms. The van der Waals surface area contributed by atoms with E-state index in [1.807, 2.05) is 54.8 Å². The van der Waals surface area contributed by atoms with Gasteiger partial charge in [-0.2, -0.15) is 0 Å². The SMILES string of the molecule is C[C@H](Sc1nnc(-c2ccccc2)o1)C(=O)NCc1cccs1. The van der Waals surface area contributed by atoms with Gasteiger partial charge in [0, 0.05) is 10.4 Å². The van der Waals surface area contributed by atoms with Gasteiger partial charge in [0.15, 0.2) is 0 Å². The van der Waals surface area contributed by atoms with Gasteiger partial charge in [-0.15, -0.1) is 21.5 Å². The van der Waals surface area contributed by atoms with Gasteiger partial charge in [0.05, 0.1) is 11.8 Å². The molecule has 1 amide bonds. The lowest BCUT2D eigenvalue weighted by atomic mass is 10.2. The summed E-state index contributed by atoms with van der Waals surface area (Å²) in [5, 5.41) is 13.0. The minimum atomic E-state index is -0.306. The number of nitrogens with zero attached hydrogens (tertiary/aromatic N) is 2. The van der Waals surface area contributed by atoms with Crippen LogP contribution in [0.5, 0.6) is 0 Å². The lowest BCUT2D eigenvalue weighted by molar-refractivity contribution is -0.120. The molecular formula is C16H15N3O2S2. The number of aromatic nitrogens is 2. The first-order chi connectivity index (χ1) is 11.2. The zero-order chi connectivity index (χ0) is 16.1. The molecule has 1 atom stereocenters. The number of hydrogen-bond donors (Lipinski definition) is 1. The van der Waals surface area contributed by atoms with E-state index in [-0.39, 0.29) is 11.2 Å². The van der Waals surface area contributed by atoms with Crippen LogP contribution in [0, 0.1) is 0 Å². The van der Waals surface area contributed by atoms with Gasteiger partial charge in [-0.1, -0.05) is 36.0 Å². The van der Waals surface area contributed by atoms with Gasteiger partial charge in [-0.25, -0.2) is 0 Å². The summed E-state index contributed by atoms with van der Waals surface area (Å²) in [5.41, 5.74) is 0.863. The number of hydrogen-bond acceptors (Lipinski definition) is 6. The molecule has 0 aliphatic carbocycles. The molecule has 0 fully saturated rings. The quantitative estimate of drug-likeness (QED) is 0.692. The molecule has 1 N–H and O–H groups in total. The highest BCUT2D eigenvalue weighted by Crippen LogP contribution is 2.26. The van der Waals surface area contributed by atoms with Crippen molar-refractivity contribution >= 4 is 29.0 Å². The molecule has 0 aliphatic heterocycles. The van der Waals surface area contributed by atoms with Gasteiger partial charge < -0.3 is 9.73 Å². The second-order valence-electron chi connectivity index (χ2n) is 4.80. The third-order valence-electron chi connectivity index (χ3n) is 3.09. The fourth-order valence-electron chi connectivity index (χ4n) is 1.89. The summed E-state index contributed by atoms with van der Waals surface area (Å²) in [6.45, 7) is 2.36. The maximum absolute atomic E-state index is 12.1. The number of thioether (sulfide) groups is 1. The van der Waals surface area contributed by atoms with E-state index in [9.17, 15) is 4.79 Å². The lowest BCUT2D eigenvalue weighted by Crippen LogP contribution is -2.30. The molecular weight excluding hydrogens is 330 g/mol.